The molecule has 3 N–H and O–H groups in total. The van der Waals surface area contributed by atoms with E-state index in [1.54, 1.807) is 0 Å². The Labute approximate surface area is 116 Å². The van der Waals surface area contributed by atoms with E-state index < -0.39 is 0 Å². The predicted molar refractivity (Wildman–Crippen MR) is 78.7 cm³/mol. The molecule has 1 aromatic heterocycles. The van der Waals surface area contributed by atoms with Gasteiger partial charge in [0, 0.05) is 25.8 Å². The van der Waals surface area contributed by atoms with E-state index in [4.69, 9.17) is 5.73 Å². The van der Waals surface area contributed by atoms with Gasteiger partial charge in [0.15, 0.2) is 0 Å². The third kappa shape index (κ3) is 6.68. The van der Waals surface area contributed by atoms with Crippen molar-refractivity contribution < 1.29 is 0 Å². The number of nitrogens with two attached hydrogens (primary N) is 1. The van der Waals surface area contributed by atoms with Gasteiger partial charge in [0.2, 0.25) is 0 Å². The molecule has 0 aromatic carbocycles. The van der Waals surface area contributed by atoms with Crippen molar-refractivity contribution in [3.8, 4) is 0 Å². The van der Waals surface area contributed by atoms with E-state index in [1.807, 2.05) is 10.9 Å². The molecule has 1 heterocycles. The van der Waals surface area contributed by atoms with Gasteiger partial charge in [-0.05, 0) is 11.8 Å². The van der Waals surface area contributed by atoms with Gasteiger partial charge in [-0.3, -0.25) is 4.68 Å². The Kier molecular flexibility index (Phi) is 7.02. The minimum absolute atomic E-state index is 0.375. The molecule has 0 saturated carbocycles. The molecule has 0 aliphatic rings. The summed E-state index contributed by atoms with van der Waals surface area (Å²) >= 11 is 0. The summed E-state index contributed by atoms with van der Waals surface area (Å²) in [5, 5.41) is 11.5. The summed E-state index contributed by atoms with van der Waals surface area (Å²) in [5.41, 5.74) is 6.72. The highest BCUT2D eigenvalue weighted by Crippen LogP contribution is 2.22. The van der Waals surface area contributed by atoms with E-state index >= 15 is 0 Å². The van der Waals surface area contributed by atoms with E-state index in [9.17, 15) is 0 Å². The lowest BCUT2D eigenvalue weighted by Gasteiger charge is -2.25. The van der Waals surface area contributed by atoms with Crippen LogP contribution in [0.5, 0.6) is 0 Å². The standard InChI is InChI=1S/C14H29N5/c1-4-5-6-7-14(2,3)12-16-8-9-19-11-13(10-15)17-18-19/h11,16H,4-10,12,15H2,1-3H3. The Hall–Kier alpha value is -0.940. The topological polar surface area (TPSA) is 68.8 Å². The second-order valence-corrected chi connectivity index (χ2v) is 5.98. The molecule has 0 spiro atoms. The zero-order valence-electron chi connectivity index (χ0n) is 12.7. The highest BCUT2D eigenvalue weighted by atomic mass is 15.4. The molecule has 1 aromatic rings. The van der Waals surface area contributed by atoms with E-state index in [1.165, 1.54) is 25.7 Å². The van der Waals surface area contributed by atoms with Gasteiger partial charge in [-0.25, -0.2) is 0 Å². The highest BCUT2D eigenvalue weighted by Gasteiger charge is 2.16. The van der Waals surface area contributed by atoms with Crippen LogP contribution in [0.15, 0.2) is 6.20 Å². The quantitative estimate of drug-likeness (QED) is 0.636. The van der Waals surface area contributed by atoms with Crippen LogP contribution < -0.4 is 11.1 Å². The molecule has 19 heavy (non-hydrogen) atoms. The maximum atomic E-state index is 5.50. The Morgan fingerprint density at radius 3 is 2.79 bits per heavy atom. The first-order chi connectivity index (χ1) is 9.07. The lowest BCUT2D eigenvalue weighted by molar-refractivity contribution is 0.300. The van der Waals surface area contributed by atoms with Gasteiger partial charge in [-0.15, -0.1) is 5.10 Å². The Bertz CT molecular complexity index is 345. The predicted octanol–water partition coefficient (Wildman–Crippen LogP) is 1.93. The molecular formula is C14H29N5. The van der Waals surface area contributed by atoms with Crippen LogP contribution in [0.1, 0.15) is 52.1 Å². The van der Waals surface area contributed by atoms with Crippen molar-refractivity contribution in [1.82, 2.24) is 20.3 Å². The summed E-state index contributed by atoms with van der Waals surface area (Å²) in [6.07, 6.45) is 7.15. The first kappa shape index (κ1) is 16.1. The minimum atomic E-state index is 0.375. The average molecular weight is 267 g/mol. The lowest BCUT2D eigenvalue weighted by Crippen LogP contribution is -2.31. The number of unbranched alkanes of at least 4 members (excludes halogenated alkanes) is 2. The van der Waals surface area contributed by atoms with Crippen molar-refractivity contribution in [2.45, 2.75) is 59.5 Å². The van der Waals surface area contributed by atoms with Gasteiger partial charge >= 0.3 is 0 Å². The zero-order valence-corrected chi connectivity index (χ0v) is 12.7. The first-order valence-electron chi connectivity index (χ1n) is 7.37. The van der Waals surface area contributed by atoms with Gasteiger partial charge in [0.25, 0.3) is 0 Å². The normalized spacial score (nSPS) is 12.0. The smallest absolute Gasteiger partial charge is 0.0962 e. The molecule has 5 heteroatoms. The molecule has 0 aliphatic heterocycles. The van der Waals surface area contributed by atoms with Crippen molar-refractivity contribution in [3.63, 3.8) is 0 Å². The first-order valence-corrected chi connectivity index (χ1v) is 7.37. The van der Waals surface area contributed by atoms with Gasteiger partial charge in [-0.1, -0.05) is 45.2 Å². The van der Waals surface area contributed by atoms with Gasteiger partial charge in [-0.2, -0.15) is 0 Å². The van der Waals surface area contributed by atoms with Crippen LogP contribution in [0, 0.1) is 5.41 Å². The van der Waals surface area contributed by atoms with Gasteiger partial charge < -0.3 is 11.1 Å². The van der Waals surface area contributed by atoms with Crippen LogP contribution in [0.4, 0.5) is 0 Å². The Morgan fingerprint density at radius 1 is 1.37 bits per heavy atom. The second-order valence-electron chi connectivity index (χ2n) is 5.98. The minimum Gasteiger partial charge on any atom is -0.325 e. The van der Waals surface area contributed by atoms with Crippen LogP contribution in [0.2, 0.25) is 0 Å². The summed E-state index contributed by atoms with van der Waals surface area (Å²) in [6.45, 7) is 10.2. The third-order valence-electron chi connectivity index (χ3n) is 3.37. The van der Waals surface area contributed by atoms with Crippen molar-refractivity contribution in [1.29, 1.82) is 0 Å². The van der Waals surface area contributed by atoms with E-state index in [0.717, 1.165) is 25.3 Å². The van der Waals surface area contributed by atoms with Crippen LogP contribution in [-0.4, -0.2) is 28.1 Å². The molecule has 0 atom stereocenters. The number of rotatable bonds is 10. The largest absolute Gasteiger partial charge is 0.325 e. The summed E-state index contributed by atoms with van der Waals surface area (Å²) in [4.78, 5) is 0. The van der Waals surface area contributed by atoms with Crippen molar-refractivity contribution in [3.05, 3.63) is 11.9 Å². The summed E-state index contributed by atoms with van der Waals surface area (Å²) in [6, 6.07) is 0. The van der Waals surface area contributed by atoms with E-state index in [2.05, 4.69) is 36.4 Å². The molecule has 1 rings (SSSR count). The van der Waals surface area contributed by atoms with Crippen LogP contribution >= 0.6 is 0 Å². The second kappa shape index (κ2) is 8.27. The fraction of sp³-hybridized carbons (Fsp3) is 0.857. The van der Waals surface area contributed by atoms with Crippen molar-refractivity contribution in [2.75, 3.05) is 13.1 Å². The zero-order chi connectivity index (χ0) is 14.1. The summed E-state index contributed by atoms with van der Waals surface area (Å²) in [7, 11) is 0. The summed E-state index contributed by atoms with van der Waals surface area (Å²) in [5.74, 6) is 0. The Balaban J connectivity index is 2.15. The maximum Gasteiger partial charge on any atom is 0.0962 e. The number of aromatic nitrogens is 3. The number of nitrogens with one attached hydrogen (secondary N) is 1. The molecule has 5 nitrogen and oxygen atoms in total. The van der Waals surface area contributed by atoms with E-state index in [0.29, 0.717) is 12.0 Å². The molecule has 0 fully saturated rings. The molecule has 0 aliphatic carbocycles. The fourth-order valence-electron chi connectivity index (χ4n) is 2.10. The van der Waals surface area contributed by atoms with E-state index in [-0.39, 0.29) is 0 Å². The van der Waals surface area contributed by atoms with Gasteiger partial charge in [0.1, 0.15) is 0 Å². The summed E-state index contributed by atoms with van der Waals surface area (Å²) < 4.78 is 1.85. The Morgan fingerprint density at radius 2 is 2.16 bits per heavy atom. The van der Waals surface area contributed by atoms with Crippen LogP contribution in [0.3, 0.4) is 0 Å². The molecule has 0 radical (unpaired) electrons. The monoisotopic (exact) mass is 267 g/mol. The van der Waals surface area contributed by atoms with Crippen molar-refractivity contribution in [2.24, 2.45) is 11.1 Å². The lowest BCUT2D eigenvalue weighted by atomic mass is 9.87. The molecule has 0 unspecified atom stereocenters. The molecule has 0 amide bonds. The van der Waals surface area contributed by atoms with Gasteiger partial charge in [0.05, 0.1) is 12.2 Å². The SMILES string of the molecule is CCCCCC(C)(C)CNCCn1cc(CN)nn1. The molecule has 110 valence electrons. The number of hydrogen-bond acceptors (Lipinski definition) is 4. The molecule has 0 bridgehead atoms. The number of nitrogens with zero attached hydrogens (tertiary/aromatic N) is 3. The van der Waals surface area contributed by atoms with Crippen molar-refractivity contribution >= 4 is 0 Å². The maximum absolute atomic E-state index is 5.50. The fourth-order valence-corrected chi connectivity index (χ4v) is 2.10. The molecular weight excluding hydrogens is 238 g/mol. The molecule has 0 saturated heterocycles. The number of hydrogen-bond donors (Lipinski definition) is 2. The third-order valence-corrected chi connectivity index (χ3v) is 3.37. The van der Waals surface area contributed by atoms with Crippen LogP contribution in [-0.2, 0) is 13.1 Å². The highest BCUT2D eigenvalue weighted by molar-refractivity contribution is 4.90. The van der Waals surface area contributed by atoms with Crippen LogP contribution in [0.25, 0.3) is 0 Å². The average Bonchev–Trinajstić information content (AvgIpc) is 2.83.